The number of aromatic nitrogens is 2. The summed E-state index contributed by atoms with van der Waals surface area (Å²) < 4.78 is 1.98. The Kier molecular flexibility index (Phi) is 3.27. The normalized spacial score (nSPS) is 23.7. The molecule has 3 N–H and O–H groups in total. The van der Waals surface area contributed by atoms with Gasteiger partial charge < -0.3 is 0 Å². The molecule has 1 heterocycles. The quantitative estimate of drug-likeness (QED) is 0.600. The zero-order valence-electron chi connectivity index (χ0n) is 11.3. The highest BCUT2D eigenvalue weighted by atomic mass is 15.3. The van der Waals surface area contributed by atoms with E-state index in [0.29, 0.717) is 17.4 Å². The van der Waals surface area contributed by atoms with Gasteiger partial charge in [-0.3, -0.25) is 16.0 Å². The summed E-state index contributed by atoms with van der Waals surface area (Å²) in [6, 6.07) is 2.56. The number of hydrazine groups is 1. The van der Waals surface area contributed by atoms with E-state index in [2.05, 4.69) is 37.4 Å². The second kappa shape index (κ2) is 4.42. The van der Waals surface area contributed by atoms with Crippen molar-refractivity contribution in [1.82, 2.24) is 15.2 Å². The van der Waals surface area contributed by atoms with Crippen molar-refractivity contribution in [2.75, 3.05) is 0 Å². The standard InChI is InChI=1S/C13H24N4/c1-5-9-6-10(17(4)16-9)7-12(15-14)11-8-13(11,2)3/h6,11-12,15H,5,7-8,14H2,1-4H3. The number of rotatable bonds is 5. The van der Waals surface area contributed by atoms with E-state index in [1.54, 1.807) is 0 Å². The zero-order valence-corrected chi connectivity index (χ0v) is 11.3. The van der Waals surface area contributed by atoms with E-state index in [-0.39, 0.29) is 0 Å². The molecule has 0 aliphatic heterocycles. The van der Waals surface area contributed by atoms with Crippen LogP contribution in [-0.2, 0) is 19.9 Å². The van der Waals surface area contributed by atoms with Crippen molar-refractivity contribution in [1.29, 1.82) is 0 Å². The van der Waals surface area contributed by atoms with E-state index in [1.165, 1.54) is 12.1 Å². The van der Waals surface area contributed by atoms with Crippen LogP contribution in [0.25, 0.3) is 0 Å². The number of hydrogen-bond acceptors (Lipinski definition) is 3. The monoisotopic (exact) mass is 236 g/mol. The van der Waals surface area contributed by atoms with Crippen molar-refractivity contribution in [3.63, 3.8) is 0 Å². The highest BCUT2D eigenvalue weighted by Crippen LogP contribution is 2.53. The van der Waals surface area contributed by atoms with E-state index in [4.69, 9.17) is 5.84 Å². The molecule has 1 aromatic rings. The smallest absolute Gasteiger partial charge is 0.0624 e. The predicted octanol–water partition coefficient (Wildman–Crippen LogP) is 1.40. The number of nitrogens with one attached hydrogen (secondary N) is 1. The first-order valence-electron chi connectivity index (χ1n) is 6.46. The molecular weight excluding hydrogens is 212 g/mol. The fourth-order valence-electron chi connectivity index (χ4n) is 2.67. The van der Waals surface area contributed by atoms with Crippen LogP contribution in [0.1, 0.15) is 38.6 Å². The molecule has 2 atom stereocenters. The van der Waals surface area contributed by atoms with Gasteiger partial charge in [0.15, 0.2) is 0 Å². The Morgan fingerprint density at radius 3 is 2.71 bits per heavy atom. The Morgan fingerprint density at radius 1 is 1.65 bits per heavy atom. The molecule has 17 heavy (non-hydrogen) atoms. The third-order valence-corrected chi connectivity index (χ3v) is 4.11. The Hall–Kier alpha value is -0.870. The van der Waals surface area contributed by atoms with Gasteiger partial charge in [-0.1, -0.05) is 20.8 Å². The molecule has 0 bridgehead atoms. The molecule has 2 rings (SSSR count). The van der Waals surface area contributed by atoms with Crippen LogP contribution in [0.3, 0.4) is 0 Å². The second-order valence-electron chi connectivity index (χ2n) is 5.88. The molecule has 1 aromatic heterocycles. The Balaban J connectivity index is 2.05. The van der Waals surface area contributed by atoms with Crippen LogP contribution in [-0.4, -0.2) is 15.8 Å². The number of nitrogens with zero attached hydrogens (tertiary/aromatic N) is 2. The number of nitrogens with two attached hydrogens (primary N) is 1. The molecule has 0 aromatic carbocycles. The van der Waals surface area contributed by atoms with E-state index < -0.39 is 0 Å². The van der Waals surface area contributed by atoms with E-state index in [9.17, 15) is 0 Å². The van der Waals surface area contributed by atoms with Crippen LogP contribution in [0.2, 0.25) is 0 Å². The van der Waals surface area contributed by atoms with Gasteiger partial charge in [0, 0.05) is 25.2 Å². The van der Waals surface area contributed by atoms with Gasteiger partial charge in [-0.2, -0.15) is 5.10 Å². The summed E-state index contributed by atoms with van der Waals surface area (Å²) >= 11 is 0. The minimum atomic E-state index is 0.366. The SMILES string of the molecule is CCc1cc(CC(NN)C2CC2(C)C)n(C)n1. The molecule has 1 aliphatic carbocycles. The van der Waals surface area contributed by atoms with Crippen molar-refractivity contribution in [3.05, 3.63) is 17.5 Å². The molecule has 2 unspecified atom stereocenters. The number of hydrogen-bond donors (Lipinski definition) is 2. The van der Waals surface area contributed by atoms with E-state index in [1.807, 2.05) is 11.7 Å². The van der Waals surface area contributed by atoms with Crippen LogP contribution in [0.15, 0.2) is 6.07 Å². The minimum absolute atomic E-state index is 0.366. The fourth-order valence-corrected chi connectivity index (χ4v) is 2.67. The van der Waals surface area contributed by atoms with Crippen molar-refractivity contribution in [2.45, 2.75) is 46.1 Å². The Bertz CT molecular complexity index is 394. The highest BCUT2D eigenvalue weighted by Gasteiger charge is 2.49. The van der Waals surface area contributed by atoms with Crippen molar-refractivity contribution >= 4 is 0 Å². The van der Waals surface area contributed by atoms with Gasteiger partial charge in [-0.15, -0.1) is 0 Å². The van der Waals surface area contributed by atoms with Crippen molar-refractivity contribution < 1.29 is 0 Å². The predicted molar refractivity (Wildman–Crippen MR) is 69.3 cm³/mol. The summed E-state index contributed by atoms with van der Waals surface area (Å²) in [7, 11) is 2.01. The minimum Gasteiger partial charge on any atom is -0.272 e. The lowest BCUT2D eigenvalue weighted by Crippen LogP contribution is -2.40. The summed E-state index contributed by atoms with van der Waals surface area (Å²) in [5.41, 5.74) is 5.86. The highest BCUT2D eigenvalue weighted by molar-refractivity contribution is 5.14. The van der Waals surface area contributed by atoms with Crippen LogP contribution >= 0.6 is 0 Å². The maximum Gasteiger partial charge on any atom is 0.0624 e. The van der Waals surface area contributed by atoms with Crippen LogP contribution in [0, 0.1) is 11.3 Å². The van der Waals surface area contributed by atoms with Gasteiger partial charge in [0.2, 0.25) is 0 Å². The van der Waals surface area contributed by atoms with Crippen molar-refractivity contribution in [2.24, 2.45) is 24.2 Å². The third kappa shape index (κ3) is 2.53. The zero-order chi connectivity index (χ0) is 12.6. The average molecular weight is 236 g/mol. The summed E-state index contributed by atoms with van der Waals surface area (Å²) in [5, 5.41) is 4.48. The topological polar surface area (TPSA) is 55.9 Å². The van der Waals surface area contributed by atoms with Gasteiger partial charge in [-0.25, -0.2) is 0 Å². The maximum atomic E-state index is 5.69. The first kappa shape index (κ1) is 12.6. The molecule has 0 saturated heterocycles. The third-order valence-electron chi connectivity index (χ3n) is 4.11. The summed E-state index contributed by atoms with van der Waals surface area (Å²) in [4.78, 5) is 0. The molecule has 1 fully saturated rings. The molecule has 4 heteroatoms. The summed E-state index contributed by atoms with van der Waals surface area (Å²) in [6.45, 7) is 6.75. The molecule has 0 radical (unpaired) electrons. The van der Waals surface area contributed by atoms with E-state index >= 15 is 0 Å². The molecular formula is C13H24N4. The van der Waals surface area contributed by atoms with Crippen LogP contribution < -0.4 is 11.3 Å². The fraction of sp³-hybridized carbons (Fsp3) is 0.769. The molecule has 1 aliphatic rings. The van der Waals surface area contributed by atoms with Gasteiger partial charge >= 0.3 is 0 Å². The Labute approximate surface area is 104 Å². The van der Waals surface area contributed by atoms with Crippen LogP contribution in [0.5, 0.6) is 0 Å². The maximum absolute atomic E-state index is 5.69. The van der Waals surface area contributed by atoms with Crippen molar-refractivity contribution in [3.8, 4) is 0 Å². The Morgan fingerprint density at radius 2 is 2.29 bits per heavy atom. The van der Waals surface area contributed by atoms with Gasteiger partial charge in [0.05, 0.1) is 5.69 Å². The summed E-state index contributed by atoms with van der Waals surface area (Å²) in [5.74, 6) is 6.38. The lowest BCUT2D eigenvalue weighted by atomic mass is 10.00. The molecule has 1 saturated carbocycles. The van der Waals surface area contributed by atoms with Gasteiger partial charge in [-0.05, 0) is 30.2 Å². The second-order valence-corrected chi connectivity index (χ2v) is 5.88. The lowest BCUT2D eigenvalue weighted by Gasteiger charge is -2.17. The van der Waals surface area contributed by atoms with Crippen LogP contribution in [0.4, 0.5) is 0 Å². The van der Waals surface area contributed by atoms with Gasteiger partial charge in [0.1, 0.15) is 0 Å². The molecule has 0 amide bonds. The lowest BCUT2D eigenvalue weighted by molar-refractivity contribution is 0.401. The largest absolute Gasteiger partial charge is 0.272 e. The molecule has 0 spiro atoms. The van der Waals surface area contributed by atoms with E-state index in [0.717, 1.165) is 18.5 Å². The first-order valence-corrected chi connectivity index (χ1v) is 6.46. The first-order chi connectivity index (χ1) is 7.97. The molecule has 96 valence electrons. The van der Waals surface area contributed by atoms with Gasteiger partial charge in [0.25, 0.3) is 0 Å². The average Bonchev–Trinajstić information content (AvgIpc) is 2.76. The molecule has 4 nitrogen and oxygen atoms in total. The summed E-state index contributed by atoms with van der Waals surface area (Å²) in [6.07, 6.45) is 3.22. The number of aryl methyl sites for hydroxylation is 2.